The van der Waals surface area contributed by atoms with Gasteiger partial charge in [0.2, 0.25) is 5.95 Å². The fraction of sp³-hybridized carbons (Fsp3) is 0.700. The van der Waals surface area contributed by atoms with Crippen molar-refractivity contribution in [1.29, 1.82) is 0 Å². The molecular weight excluding hydrogens is 430 g/mol. The third-order valence-corrected chi connectivity index (χ3v) is 5.26. The van der Waals surface area contributed by atoms with Crippen molar-refractivity contribution in [1.82, 2.24) is 20.2 Å². The van der Waals surface area contributed by atoms with Gasteiger partial charge in [-0.3, -0.25) is 0 Å². The third-order valence-electron chi connectivity index (χ3n) is 4.69. The van der Waals surface area contributed by atoms with Crippen molar-refractivity contribution in [2.24, 2.45) is 16.1 Å². The van der Waals surface area contributed by atoms with Gasteiger partial charge in [-0.25, -0.2) is 0 Å². The fourth-order valence-electron chi connectivity index (χ4n) is 2.85. The third kappa shape index (κ3) is 8.97. The number of hydrogen-bond donors (Lipinski definition) is 5. The fourth-order valence-corrected chi connectivity index (χ4v) is 3.22. The van der Waals surface area contributed by atoms with Crippen LogP contribution in [0.5, 0.6) is 0 Å². The molecule has 32 heavy (non-hydrogen) atoms. The van der Waals surface area contributed by atoms with Crippen molar-refractivity contribution in [2.75, 3.05) is 35.6 Å². The Bertz CT molecular complexity index is 782. The van der Waals surface area contributed by atoms with Crippen LogP contribution in [0.25, 0.3) is 0 Å². The number of rotatable bonds is 15. The Hall–Kier alpha value is -2.44. The normalized spacial score (nSPS) is 14.3. The number of azo groups is 1. The maximum absolute atomic E-state index is 9.75. The highest BCUT2D eigenvalue weighted by atomic mass is 32.1. The van der Waals surface area contributed by atoms with Gasteiger partial charge in [0, 0.05) is 19.6 Å². The first-order chi connectivity index (χ1) is 15.4. The zero-order chi connectivity index (χ0) is 23.3. The Kier molecular flexibility index (Phi) is 11.2. The minimum absolute atomic E-state index is 0.279. The zero-order valence-electron chi connectivity index (χ0n) is 19.2. The molecule has 0 saturated heterocycles. The van der Waals surface area contributed by atoms with E-state index in [9.17, 15) is 10.2 Å². The van der Waals surface area contributed by atoms with Crippen LogP contribution in [0.1, 0.15) is 53.4 Å². The number of unbranched alkanes of at least 4 members (excludes halogenated alkanes) is 1. The van der Waals surface area contributed by atoms with Crippen LogP contribution in [0.4, 0.5) is 28.4 Å². The van der Waals surface area contributed by atoms with E-state index < -0.39 is 12.2 Å². The summed E-state index contributed by atoms with van der Waals surface area (Å²) in [5, 5.41) is 45.5. The second-order valence-corrected chi connectivity index (χ2v) is 8.58. The molecule has 3 atom stereocenters. The molecule has 2 rings (SSSR count). The highest BCUT2D eigenvalue weighted by Crippen LogP contribution is 2.34. The molecule has 0 aliphatic heterocycles. The van der Waals surface area contributed by atoms with Crippen LogP contribution in [0.15, 0.2) is 15.7 Å². The summed E-state index contributed by atoms with van der Waals surface area (Å²) >= 11 is 1.26. The lowest BCUT2D eigenvalue weighted by atomic mass is 9.99. The summed E-state index contributed by atoms with van der Waals surface area (Å²) in [6, 6.07) is 0. The lowest BCUT2D eigenvalue weighted by Crippen LogP contribution is -2.21. The predicted molar refractivity (Wildman–Crippen MR) is 128 cm³/mol. The van der Waals surface area contributed by atoms with Gasteiger partial charge in [0.15, 0.2) is 17.3 Å². The van der Waals surface area contributed by atoms with E-state index in [1.807, 2.05) is 0 Å². The molecule has 12 heteroatoms. The van der Waals surface area contributed by atoms with Crippen LogP contribution in [0.2, 0.25) is 0 Å². The van der Waals surface area contributed by atoms with Gasteiger partial charge in [-0.1, -0.05) is 44.4 Å². The predicted octanol–water partition coefficient (Wildman–Crippen LogP) is 3.96. The van der Waals surface area contributed by atoms with E-state index in [1.165, 1.54) is 24.2 Å². The van der Waals surface area contributed by atoms with E-state index in [4.69, 9.17) is 0 Å². The van der Waals surface area contributed by atoms with Crippen LogP contribution < -0.4 is 16.0 Å². The van der Waals surface area contributed by atoms with Gasteiger partial charge < -0.3 is 26.2 Å². The molecule has 0 amide bonds. The first-order valence-electron chi connectivity index (χ1n) is 11.1. The summed E-state index contributed by atoms with van der Waals surface area (Å²) in [7, 11) is 0. The molecule has 0 spiro atoms. The van der Waals surface area contributed by atoms with Gasteiger partial charge in [-0.15, -0.1) is 20.4 Å². The highest BCUT2D eigenvalue weighted by molar-refractivity contribution is 7.13. The number of anilines is 3. The Morgan fingerprint density at radius 1 is 0.969 bits per heavy atom. The summed E-state index contributed by atoms with van der Waals surface area (Å²) in [5.74, 6) is 1.81. The summed E-state index contributed by atoms with van der Waals surface area (Å²) < 4.78 is 0. The molecule has 0 bridgehead atoms. The summed E-state index contributed by atoms with van der Waals surface area (Å²) in [6.45, 7) is 9.06. The van der Waals surface area contributed by atoms with E-state index in [0.717, 1.165) is 19.4 Å². The molecule has 0 aliphatic carbocycles. The van der Waals surface area contributed by atoms with Crippen molar-refractivity contribution < 1.29 is 10.2 Å². The molecule has 0 saturated carbocycles. The average molecular weight is 466 g/mol. The minimum atomic E-state index is -0.582. The van der Waals surface area contributed by atoms with Gasteiger partial charge in [0.1, 0.15) is 5.51 Å². The van der Waals surface area contributed by atoms with Gasteiger partial charge in [0.05, 0.1) is 12.2 Å². The molecular formula is C20H35N9O2S. The lowest BCUT2D eigenvalue weighted by Gasteiger charge is -2.18. The van der Waals surface area contributed by atoms with Gasteiger partial charge in [0.25, 0.3) is 5.13 Å². The second kappa shape index (κ2) is 13.9. The SMILES string of the molecule is CCCCC(CC)CNc1nc(NCC(C)O)c(N=Nc2nncs2)c(NCC(C)O)n1. The van der Waals surface area contributed by atoms with Gasteiger partial charge >= 0.3 is 0 Å². The summed E-state index contributed by atoms with van der Waals surface area (Å²) in [4.78, 5) is 9.17. The number of nitrogens with one attached hydrogen (secondary N) is 3. The molecule has 3 unspecified atom stereocenters. The Balaban J connectivity index is 2.34. The second-order valence-electron chi connectivity index (χ2n) is 7.77. The lowest BCUT2D eigenvalue weighted by molar-refractivity contribution is 0.208. The number of aromatic nitrogens is 4. The molecule has 0 aliphatic rings. The number of aliphatic hydroxyl groups is 2. The molecule has 5 N–H and O–H groups in total. The standard InChI is InChI=1S/C20H35N9O2S/c1-5-7-8-15(6-2)11-23-19-25-17(21-9-13(3)30)16(18(26-19)22-10-14(4)31)27-29-20-28-24-12-32-20/h12-15,30-31H,5-11H2,1-4H3,(H3,21,22,23,25,26). The van der Waals surface area contributed by atoms with Crippen LogP contribution in [-0.2, 0) is 0 Å². The maximum Gasteiger partial charge on any atom is 0.251 e. The Morgan fingerprint density at radius 3 is 2.12 bits per heavy atom. The monoisotopic (exact) mass is 465 g/mol. The van der Waals surface area contributed by atoms with Crippen LogP contribution in [-0.4, -0.2) is 62.2 Å². The molecule has 178 valence electrons. The first-order valence-corrected chi connectivity index (χ1v) is 12.0. The van der Waals surface area contributed by atoms with Crippen LogP contribution in [0, 0.1) is 5.92 Å². The van der Waals surface area contributed by atoms with E-state index in [-0.39, 0.29) is 13.1 Å². The summed E-state index contributed by atoms with van der Waals surface area (Å²) in [5.41, 5.74) is 1.94. The molecule has 11 nitrogen and oxygen atoms in total. The molecule has 0 radical (unpaired) electrons. The van der Waals surface area contributed by atoms with Crippen molar-refractivity contribution in [2.45, 2.75) is 65.6 Å². The Labute approximate surface area is 193 Å². The molecule has 0 aromatic carbocycles. The molecule has 2 heterocycles. The molecule has 2 aromatic heterocycles. The van der Waals surface area contributed by atoms with Crippen molar-refractivity contribution >= 4 is 39.7 Å². The van der Waals surface area contributed by atoms with Crippen molar-refractivity contribution in [3.8, 4) is 0 Å². The largest absolute Gasteiger partial charge is 0.392 e. The van der Waals surface area contributed by atoms with Crippen molar-refractivity contribution in [3.63, 3.8) is 0 Å². The quantitative estimate of drug-likeness (QED) is 0.246. The minimum Gasteiger partial charge on any atom is -0.392 e. The van der Waals surface area contributed by atoms with E-state index in [0.29, 0.717) is 34.3 Å². The van der Waals surface area contributed by atoms with Crippen LogP contribution >= 0.6 is 11.3 Å². The molecule has 0 fully saturated rings. The van der Waals surface area contributed by atoms with Gasteiger partial charge in [-0.2, -0.15) is 9.97 Å². The Morgan fingerprint density at radius 2 is 1.62 bits per heavy atom. The highest BCUT2D eigenvalue weighted by Gasteiger charge is 2.17. The maximum atomic E-state index is 9.75. The van der Waals surface area contributed by atoms with E-state index in [2.05, 4.69) is 60.2 Å². The summed E-state index contributed by atoms with van der Waals surface area (Å²) in [6.07, 6.45) is 3.41. The number of aliphatic hydroxyl groups excluding tert-OH is 2. The smallest absolute Gasteiger partial charge is 0.251 e. The van der Waals surface area contributed by atoms with Gasteiger partial charge in [-0.05, 0) is 26.2 Å². The topological polar surface area (TPSA) is 153 Å². The molecule has 2 aromatic rings. The first kappa shape index (κ1) is 25.8. The van der Waals surface area contributed by atoms with E-state index in [1.54, 1.807) is 19.4 Å². The number of hydrogen-bond acceptors (Lipinski definition) is 12. The van der Waals surface area contributed by atoms with Crippen molar-refractivity contribution in [3.05, 3.63) is 5.51 Å². The average Bonchev–Trinajstić information content (AvgIpc) is 3.29. The zero-order valence-corrected chi connectivity index (χ0v) is 20.1. The van der Waals surface area contributed by atoms with E-state index >= 15 is 0 Å². The number of nitrogens with zero attached hydrogens (tertiary/aromatic N) is 6. The van der Waals surface area contributed by atoms with Crippen LogP contribution in [0.3, 0.4) is 0 Å².